The highest BCUT2D eigenvalue weighted by molar-refractivity contribution is 5.93. The van der Waals surface area contributed by atoms with Crippen molar-refractivity contribution in [1.29, 1.82) is 0 Å². The van der Waals surface area contributed by atoms with Gasteiger partial charge in [0.15, 0.2) is 0 Å². The summed E-state index contributed by atoms with van der Waals surface area (Å²) in [5.41, 5.74) is -0.144. The number of carboxylic acid groups (broad SMARTS) is 1. The number of nitrogens with zero attached hydrogens (tertiary/aromatic N) is 2. The first kappa shape index (κ1) is 13.4. The molecule has 0 aliphatic carbocycles. The molecule has 0 fully saturated rings. The third kappa shape index (κ3) is 4.36. The van der Waals surface area contributed by atoms with Crippen molar-refractivity contribution in [1.82, 2.24) is 9.88 Å². The number of halogens is 1. The fourth-order valence-corrected chi connectivity index (χ4v) is 1.35. The third-order valence-corrected chi connectivity index (χ3v) is 2.16. The molecule has 94 valence electrons. The lowest BCUT2D eigenvalue weighted by Gasteiger charge is -2.11. The molecule has 17 heavy (non-hydrogen) atoms. The van der Waals surface area contributed by atoms with E-state index in [0.29, 0.717) is 6.54 Å². The number of carbonyl (C=O) groups is 1. The van der Waals surface area contributed by atoms with Crippen molar-refractivity contribution in [2.24, 2.45) is 0 Å². The van der Waals surface area contributed by atoms with Crippen molar-refractivity contribution in [3.05, 3.63) is 23.6 Å². The summed E-state index contributed by atoms with van der Waals surface area (Å²) in [6, 6.07) is 0.962. The van der Waals surface area contributed by atoms with Gasteiger partial charge in [-0.3, -0.25) is 0 Å². The van der Waals surface area contributed by atoms with Gasteiger partial charge in [-0.15, -0.1) is 0 Å². The quantitative estimate of drug-likeness (QED) is 0.734. The minimum absolute atomic E-state index is 0.144. The Hall–Kier alpha value is -1.69. The maximum absolute atomic E-state index is 12.8. The molecule has 6 heteroatoms. The van der Waals surface area contributed by atoms with E-state index in [1.54, 1.807) is 0 Å². The lowest BCUT2D eigenvalue weighted by atomic mass is 10.2. The highest BCUT2D eigenvalue weighted by Gasteiger charge is 2.12. The van der Waals surface area contributed by atoms with Crippen LogP contribution in [0, 0.1) is 5.82 Å². The summed E-state index contributed by atoms with van der Waals surface area (Å²) in [7, 11) is 3.91. The van der Waals surface area contributed by atoms with Crippen LogP contribution in [-0.2, 0) is 0 Å². The molecule has 0 aliphatic rings. The summed E-state index contributed by atoms with van der Waals surface area (Å²) in [5.74, 6) is -1.63. The van der Waals surface area contributed by atoms with Crippen LogP contribution in [0.5, 0.6) is 0 Å². The molecule has 0 bridgehead atoms. The van der Waals surface area contributed by atoms with E-state index < -0.39 is 11.8 Å². The summed E-state index contributed by atoms with van der Waals surface area (Å²) in [4.78, 5) is 16.6. The Morgan fingerprint density at radius 1 is 1.59 bits per heavy atom. The van der Waals surface area contributed by atoms with Gasteiger partial charge in [-0.25, -0.2) is 14.2 Å². The molecule has 0 radical (unpaired) electrons. The van der Waals surface area contributed by atoms with Crippen molar-refractivity contribution in [2.75, 3.05) is 32.5 Å². The van der Waals surface area contributed by atoms with Crippen LogP contribution in [0.2, 0.25) is 0 Å². The zero-order valence-electron chi connectivity index (χ0n) is 9.90. The number of aromatic carboxylic acids is 1. The standard InChI is InChI=1S/C11H16FN3O2/c1-15(2)5-3-4-13-10-9(11(16)17)6-8(12)7-14-10/h6-7H,3-5H2,1-2H3,(H,13,14)(H,16,17). The Morgan fingerprint density at radius 2 is 2.29 bits per heavy atom. The second-order valence-corrected chi connectivity index (χ2v) is 3.94. The zero-order chi connectivity index (χ0) is 12.8. The number of pyridine rings is 1. The largest absolute Gasteiger partial charge is 0.478 e. The summed E-state index contributed by atoms with van der Waals surface area (Å²) < 4.78 is 12.8. The Balaban J connectivity index is 2.61. The third-order valence-electron chi connectivity index (χ3n) is 2.16. The van der Waals surface area contributed by atoms with E-state index in [1.807, 2.05) is 19.0 Å². The van der Waals surface area contributed by atoms with E-state index in [2.05, 4.69) is 10.3 Å². The molecular weight excluding hydrogens is 225 g/mol. The van der Waals surface area contributed by atoms with Gasteiger partial charge in [0.1, 0.15) is 17.2 Å². The predicted molar refractivity (Wildman–Crippen MR) is 62.8 cm³/mol. The Kier molecular flexibility index (Phi) is 4.84. The average molecular weight is 241 g/mol. The normalized spacial score (nSPS) is 10.6. The molecule has 0 aliphatic heterocycles. The smallest absolute Gasteiger partial charge is 0.339 e. The van der Waals surface area contributed by atoms with Gasteiger partial charge >= 0.3 is 5.97 Å². The van der Waals surface area contributed by atoms with E-state index >= 15 is 0 Å². The number of carboxylic acids is 1. The lowest BCUT2D eigenvalue weighted by Crippen LogP contribution is -2.17. The van der Waals surface area contributed by atoms with E-state index in [-0.39, 0.29) is 11.4 Å². The monoisotopic (exact) mass is 241 g/mol. The molecule has 1 heterocycles. The molecular formula is C11H16FN3O2. The van der Waals surface area contributed by atoms with Crippen molar-refractivity contribution in [2.45, 2.75) is 6.42 Å². The molecule has 0 saturated carbocycles. The van der Waals surface area contributed by atoms with Crippen LogP contribution in [0.25, 0.3) is 0 Å². The van der Waals surface area contributed by atoms with Crippen LogP contribution in [0.1, 0.15) is 16.8 Å². The lowest BCUT2D eigenvalue weighted by molar-refractivity contribution is 0.0697. The molecule has 5 nitrogen and oxygen atoms in total. The predicted octanol–water partition coefficient (Wildman–Crippen LogP) is 1.28. The van der Waals surface area contributed by atoms with Crippen molar-refractivity contribution >= 4 is 11.8 Å². The number of hydrogen-bond donors (Lipinski definition) is 2. The second-order valence-electron chi connectivity index (χ2n) is 3.94. The van der Waals surface area contributed by atoms with Gasteiger partial charge in [0.05, 0.1) is 6.20 Å². The van der Waals surface area contributed by atoms with Crippen molar-refractivity contribution in [3.8, 4) is 0 Å². The molecule has 0 amide bonds. The van der Waals surface area contributed by atoms with Crippen molar-refractivity contribution < 1.29 is 14.3 Å². The summed E-state index contributed by atoms with van der Waals surface area (Å²) in [5, 5.41) is 11.8. The van der Waals surface area contributed by atoms with Crippen LogP contribution in [0.15, 0.2) is 12.3 Å². The van der Waals surface area contributed by atoms with E-state index in [0.717, 1.165) is 25.2 Å². The molecule has 1 aromatic heterocycles. The Labute approximate surface area is 99.3 Å². The maximum atomic E-state index is 12.8. The van der Waals surface area contributed by atoms with Crippen LogP contribution < -0.4 is 5.32 Å². The first-order valence-electron chi connectivity index (χ1n) is 5.28. The summed E-state index contributed by atoms with van der Waals surface area (Å²) in [6.45, 7) is 1.48. The first-order chi connectivity index (χ1) is 8.00. The highest BCUT2D eigenvalue weighted by Crippen LogP contribution is 2.13. The Morgan fingerprint density at radius 3 is 2.88 bits per heavy atom. The topological polar surface area (TPSA) is 65.5 Å². The van der Waals surface area contributed by atoms with Gasteiger partial charge in [-0.2, -0.15) is 0 Å². The molecule has 0 spiro atoms. The molecule has 0 saturated heterocycles. The van der Waals surface area contributed by atoms with E-state index in [9.17, 15) is 9.18 Å². The molecule has 0 unspecified atom stereocenters. The van der Waals surface area contributed by atoms with Gasteiger partial charge in [0.2, 0.25) is 0 Å². The van der Waals surface area contributed by atoms with Crippen molar-refractivity contribution in [3.63, 3.8) is 0 Å². The van der Waals surface area contributed by atoms with Crippen LogP contribution in [0.3, 0.4) is 0 Å². The maximum Gasteiger partial charge on any atom is 0.339 e. The summed E-state index contributed by atoms with van der Waals surface area (Å²) >= 11 is 0. The minimum Gasteiger partial charge on any atom is -0.478 e. The molecule has 1 rings (SSSR count). The van der Waals surface area contributed by atoms with Gasteiger partial charge in [-0.1, -0.05) is 0 Å². The average Bonchev–Trinajstić information content (AvgIpc) is 2.25. The van der Waals surface area contributed by atoms with Gasteiger partial charge < -0.3 is 15.3 Å². The van der Waals surface area contributed by atoms with Gasteiger partial charge in [0, 0.05) is 6.54 Å². The SMILES string of the molecule is CN(C)CCCNc1ncc(F)cc1C(=O)O. The number of nitrogens with one attached hydrogen (secondary N) is 1. The van der Waals surface area contributed by atoms with Crippen LogP contribution in [0.4, 0.5) is 10.2 Å². The summed E-state index contributed by atoms with van der Waals surface area (Å²) in [6.07, 6.45) is 1.85. The van der Waals surface area contributed by atoms with E-state index in [4.69, 9.17) is 5.11 Å². The first-order valence-corrected chi connectivity index (χ1v) is 5.28. The zero-order valence-corrected chi connectivity index (χ0v) is 9.90. The number of hydrogen-bond acceptors (Lipinski definition) is 4. The number of anilines is 1. The number of aromatic nitrogens is 1. The molecule has 0 atom stereocenters. The van der Waals surface area contributed by atoms with Gasteiger partial charge in [0.25, 0.3) is 0 Å². The minimum atomic E-state index is -1.19. The molecule has 1 aromatic rings. The number of rotatable bonds is 6. The van der Waals surface area contributed by atoms with Gasteiger partial charge in [-0.05, 0) is 33.1 Å². The van der Waals surface area contributed by atoms with Crippen LogP contribution in [-0.4, -0.2) is 48.1 Å². The molecule has 0 aromatic carbocycles. The fraction of sp³-hybridized carbons (Fsp3) is 0.455. The van der Waals surface area contributed by atoms with E-state index in [1.165, 1.54) is 0 Å². The Bertz CT molecular complexity index is 396. The highest BCUT2D eigenvalue weighted by atomic mass is 19.1. The second kappa shape index (κ2) is 6.15. The van der Waals surface area contributed by atoms with Crippen LogP contribution >= 0.6 is 0 Å². The molecule has 2 N–H and O–H groups in total. The fourth-order valence-electron chi connectivity index (χ4n) is 1.35.